The Morgan fingerprint density at radius 1 is 1.70 bits per heavy atom. The van der Waals surface area contributed by atoms with Crippen LogP contribution in [-0.4, -0.2) is 4.57 Å². The zero-order valence-corrected chi connectivity index (χ0v) is 7.61. The molecule has 0 aliphatic heterocycles. The normalized spacial score (nSPS) is 9.90. The lowest BCUT2D eigenvalue weighted by Crippen LogP contribution is -2.15. The van der Waals surface area contributed by atoms with E-state index in [1.54, 1.807) is 19.3 Å². The van der Waals surface area contributed by atoms with Gasteiger partial charge in [-0.25, -0.2) is 0 Å². The summed E-state index contributed by atoms with van der Waals surface area (Å²) in [5.41, 5.74) is -0.184. The Hall–Kier alpha value is -0.280. The number of hydrogen-bond acceptors (Lipinski definition) is 1. The second-order valence-electron chi connectivity index (χ2n) is 1.89. The van der Waals surface area contributed by atoms with Crippen LogP contribution in [0.5, 0.6) is 0 Å². The van der Waals surface area contributed by atoms with E-state index in [4.69, 9.17) is 11.6 Å². The maximum atomic E-state index is 11.0. The second kappa shape index (κ2) is 2.76. The minimum atomic E-state index is -0.184. The van der Waals surface area contributed by atoms with Crippen molar-refractivity contribution in [2.45, 2.75) is 0 Å². The predicted octanol–water partition coefficient (Wildman–Crippen LogP) is 1.80. The van der Waals surface area contributed by atoms with Gasteiger partial charge >= 0.3 is 0 Å². The average molecular weight is 222 g/mol. The highest BCUT2D eigenvalue weighted by atomic mass is 79.9. The highest BCUT2D eigenvalue weighted by molar-refractivity contribution is 9.10. The summed E-state index contributed by atoms with van der Waals surface area (Å²) in [4.78, 5) is 11.0. The lowest BCUT2D eigenvalue weighted by Gasteiger charge is -1.97. The lowest BCUT2D eigenvalue weighted by molar-refractivity contribution is 0.858. The van der Waals surface area contributed by atoms with Gasteiger partial charge in [0.25, 0.3) is 5.56 Å². The highest BCUT2D eigenvalue weighted by Crippen LogP contribution is 2.16. The Morgan fingerprint density at radius 2 is 2.30 bits per heavy atom. The van der Waals surface area contributed by atoms with Gasteiger partial charge in [0.15, 0.2) is 0 Å². The fourth-order valence-corrected chi connectivity index (χ4v) is 1.06. The smallest absolute Gasteiger partial charge is 0.270 e. The molecule has 0 atom stereocenters. The van der Waals surface area contributed by atoms with Crippen molar-refractivity contribution in [3.63, 3.8) is 0 Å². The first-order chi connectivity index (χ1) is 4.63. The van der Waals surface area contributed by atoms with Crippen LogP contribution < -0.4 is 5.56 Å². The Labute approximate surface area is 71.6 Å². The molecule has 2 nitrogen and oxygen atoms in total. The monoisotopic (exact) mass is 221 g/mol. The third-order valence-corrected chi connectivity index (χ3v) is 2.42. The Kier molecular flexibility index (Phi) is 2.16. The van der Waals surface area contributed by atoms with Crippen LogP contribution >= 0.6 is 27.5 Å². The van der Waals surface area contributed by atoms with Gasteiger partial charge in [0, 0.05) is 17.7 Å². The molecule has 0 bridgehead atoms. The number of rotatable bonds is 0. The van der Waals surface area contributed by atoms with Gasteiger partial charge in [-0.05, 0) is 22.0 Å². The van der Waals surface area contributed by atoms with Crippen molar-refractivity contribution in [1.29, 1.82) is 0 Å². The number of nitrogens with zero attached hydrogens (tertiary/aromatic N) is 1. The molecule has 0 saturated carbocycles. The lowest BCUT2D eigenvalue weighted by atomic mass is 10.5. The van der Waals surface area contributed by atoms with Gasteiger partial charge in [0.05, 0.1) is 0 Å². The molecule has 54 valence electrons. The molecule has 10 heavy (non-hydrogen) atoms. The van der Waals surface area contributed by atoms with E-state index in [9.17, 15) is 4.79 Å². The van der Waals surface area contributed by atoms with Crippen molar-refractivity contribution in [3.8, 4) is 0 Å². The number of pyridine rings is 1. The summed E-state index contributed by atoms with van der Waals surface area (Å²) < 4.78 is 2.06. The van der Waals surface area contributed by atoms with Gasteiger partial charge in [-0.2, -0.15) is 0 Å². The molecule has 4 heteroatoms. The Balaban J connectivity index is 3.50. The van der Waals surface area contributed by atoms with Gasteiger partial charge < -0.3 is 4.57 Å². The van der Waals surface area contributed by atoms with Crippen molar-refractivity contribution in [1.82, 2.24) is 4.57 Å². The molecular formula is C6H5BrClNO. The molecule has 1 rings (SSSR count). The standard InChI is InChI=1S/C6H5BrClNO/c1-9-3-2-4(7)5(8)6(9)10/h2-3H,1H3. The molecule has 0 aliphatic rings. The van der Waals surface area contributed by atoms with Gasteiger partial charge in [0.1, 0.15) is 5.02 Å². The summed E-state index contributed by atoms with van der Waals surface area (Å²) in [6, 6.07) is 1.73. The SMILES string of the molecule is Cn1ccc(Br)c(Cl)c1=O. The first kappa shape index (κ1) is 7.82. The molecule has 0 saturated heterocycles. The molecule has 0 N–H and O–H groups in total. The van der Waals surface area contributed by atoms with Crippen LogP contribution in [0, 0.1) is 0 Å². The summed E-state index contributed by atoms with van der Waals surface area (Å²) in [7, 11) is 1.65. The number of aryl methyl sites for hydroxylation is 1. The van der Waals surface area contributed by atoms with Crippen LogP contribution in [0.4, 0.5) is 0 Å². The van der Waals surface area contributed by atoms with E-state index in [2.05, 4.69) is 15.9 Å². The summed E-state index contributed by atoms with van der Waals surface area (Å²) in [6.45, 7) is 0. The van der Waals surface area contributed by atoms with Gasteiger partial charge in [0.2, 0.25) is 0 Å². The van der Waals surface area contributed by atoms with Gasteiger partial charge in [-0.3, -0.25) is 4.79 Å². The molecule has 0 spiro atoms. The van der Waals surface area contributed by atoms with E-state index in [1.807, 2.05) is 0 Å². The maximum Gasteiger partial charge on any atom is 0.270 e. The number of hydrogen-bond donors (Lipinski definition) is 0. The summed E-state index contributed by atoms with van der Waals surface area (Å²) in [5.74, 6) is 0. The topological polar surface area (TPSA) is 22.0 Å². The van der Waals surface area contributed by atoms with Crippen LogP contribution in [0.3, 0.4) is 0 Å². The summed E-state index contributed by atoms with van der Waals surface area (Å²) >= 11 is 8.74. The van der Waals surface area contributed by atoms with Gasteiger partial charge in [-0.1, -0.05) is 11.6 Å². The molecule has 0 unspecified atom stereocenters. The molecular weight excluding hydrogens is 217 g/mol. The molecule has 1 aromatic heterocycles. The second-order valence-corrected chi connectivity index (χ2v) is 3.13. The third-order valence-electron chi connectivity index (χ3n) is 1.16. The first-order valence-electron chi connectivity index (χ1n) is 2.63. The zero-order chi connectivity index (χ0) is 7.72. The molecule has 0 fully saturated rings. The van der Waals surface area contributed by atoms with E-state index in [0.29, 0.717) is 4.47 Å². The molecule has 0 aromatic carbocycles. The molecule has 0 amide bonds. The molecule has 0 radical (unpaired) electrons. The summed E-state index contributed by atoms with van der Waals surface area (Å²) in [6.07, 6.45) is 1.65. The summed E-state index contributed by atoms with van der Waals surface area (Å²) in [5, 5.41) is 0.227. The van der Waals surface area contributed by atoms with E-state index in [-0.39, 0.29) is 10.6 Å². The van der Waals surface area contributed by atoms with E-state index >= 15 is 0 Å². The number of halogens is 2. The van der Waals surface area contributed by atoms with Crippen LogP contribution in [-0.2, 0) is 7.05 Å². The third kappa shape index (κ3) is 1.25. The molecule has 1 aromatic rings. The molecule has 0 aliphatic carbocycles. The number of aromatic nitrogens is 1. The van der Waals surface area contributed by atoms with Crippen molar-refractivity contribution in [2.75, 3.05) is 0 Å². The average Bonchev–Trinajstić information content (AvgIpc) is 1.93. The minimum Gasteiger partial charge on any atom is -0.317 e. The van der Waals surface area contributed by atoms with E-state index in [0.717, 1.165) is 0 Å². The van der Waals surface area contributed by atoms with E-state index < -0.39 is 0 Å². The van der Waals surface area contributed by atoms with E-state index in [1.165, 1.54) is 4.57 Å². The van der Waals surface area contributed by atoms with Crippen LogP contribution in [0.2, 0.25) is 5.02 Å². The predicted molar refractivity (Wildman–Crippen MR) is 44.4 cm³/mol. The zero-order valence-electron chi connectivity index (χ0n) is 5.27. The van der Waals surface area contributed by atoms with Gasteiger partial charge in [-0.15, -0.1) is 0 Å². The quantitative estimate of drug-likeness (QED) is 0.656. The Bertz CT molecular complexity index is 307. The largest absolute Gasteiger partial charge is 0.317 e. The maximum absolute atomic E-state index is 11.0. The van der Waals surface area contributed by atoms with Crippen molar-refractivity contribution in [3.05, 3.63) is 32.1 Å². The van der Waals surface area contributed by atoms with Crippen molar-refractivity contribution in [2.24, 2.45) is 7.05 Å². The van der Waals surface area contributed by atoms with Crippen LogP contribution in [0.25, 0.3) is 0 Å². The highest BCUT2D eigenvalue weighted by Gasteiger charge is 2.00. The molecule has 1 heterocycles. The van der Waals surface area contributed by atoms with Crippen molar-refractivity contribution < 1.29 is 0 Å². The fraction of sp³-hybridized carbons (Fsp3) is 0.167. The Morgan fingerprint density at radius 3 is 2.80 bits per heavy atom. The van der Waals surface area contributed by atoms with Crippen LogP contribution in [0.15, 0.2) is 21.5 Å². The first-order valence-corrected chi connectivity index (χ1v) is 3.80. The van der Waals surface area contributed by atoms with Crippen LogP contribution in [0.1, 0.15) is 0 Å². The van der Waals surface area contributed by atoms with Crippen molar-refractivity contribution >= 4 is 27.5 Å². The fourth-order valence-electron chi connectivity index (χ4n) is 0.575. The minimum absolute atomic E-state index is 0.184.